The lowest BCUT2D eigenvalue weighted by Crippen LogP contribution is -2.23. The SMILES string of the molecule is CCN(CCC#N)c1ccc(/C=C2\N=C(c3ccc4c(c3)OCO4)OC2=O)c(C)c1. The van der Waals surface area contributed by atoms with Crippen LogP contribution in [0.5, 0.6) is 11.5 Å². The third kappa shape index (κ3) is 3.85. The second-order valence-corrected chi connectivity index (χ2v) is 6.93. The number of carbonyl (C=O) groups excluding carboxylic acids is 1. The normalized spacial score (nSPS) is 15.7. The number of aryl methyl sites for hydroxylation is 1. The van der Waals surface area contributed by atoms with E-state index < -0.39 is 5.97 Å². The van der Waals surface area contributed by atoms with E-state index in [-0.39, 0.29) is 18.4 Å². The highest BCUT2D eigenvalue weighted by molar-refractivity contribution is 6.13. The summed E-state index contributed by atoms with van der Waals surface area (Å²) in [5.41, 5.74) is 3.84. The van der Waals surface area contributed by atoms with Gasteiger partial charge >= 0.3 is 5.97 Å². The number of aliphatic imine (C=N–C) groups is 1. The zero-order valence-electron chi connectivity index (χ0n) is 16.8. The first-order chi connectivity index (χ1) is 14.6. The van der Waals surface area contributed by atoms with Crippen molar-refractivity contribution in [1.82, 2.24) is 0 Å². The van der Waals surface area contributed by atoms with Gasteiger partial charge in [0, 0.05) is 24.3 Å². The summed E-state index contributed by atoms with van der Waals surface area (Å²) < 4.78 is 16.0. The summed E-state index contributed by atoms with van der Waals surface area (Å²) >= 11 is 0. The minimum absolute atomic E-state index is 0.178. The van der Waals surface area contributed by atoms with Crippen LogP contribution >= 0.6 is 0 Å². The van der Waals surface area contributed by atoms with Crippen LogP contribution in [0.3, 0.4) is 0 Å². The standard InChI is InChI=1S/C23H21N3O4/c1-3-26(10-4-9-24)18-7-5-16(15(2)11-18)12-19-23(27)30-22(25-19)17-6-8-20-21(13-17)29-14-28-20/h5-8,11-13H,3-4,10,14H2,1-2H3/b19-12-. The van der Waals surface area contributed by atoms with Crippen LogP contribution in [0.1, 0.15) is 30.0 Å². The number of fused-ring (bicyclic) bond motifs is 1. The van der Waals surface area contributed by atoms with Gasteiger partial charge in [-0.15, -0.1) is 0 Å². The first-order valence-corrected chi connectivity index (χ1v) is 9.74. The molecule has 0 atom stereocenters. The van der Waals surface area contributed by atoms with Gasteiger partial charge in [-0.05, 0) is 61.4 Å². The molecule has 0 bridgehead atoms. The highest BCUT2D eigenvalue weighted by Gasteiger charge is 2.26. The Kier molecular flexibility index (Phi) is 5.40. The third-order valence-corrected chi connectivity index (χ3v) is 5.03. The highest BCUT2D eigenvalue weighted by Crippen LogP contribution is 2.33. The van der Waals surface area contributed by atoms with Crippen LogP contribution in [-0.4, -0.2) is 31.7 Å². The minimum atomic E-state index is -0.490. The van der Waals surface area contributed by atoms with Crippen LogP contribution in [0.15, 0.2) is 47.1 Å². The number of anilines is 1. The maximum absolute atomic E-state index is 12.3. The Hall–Kier alpha value is -3.79. The smallest absolute Gasteiger partial charge is 0.363 e. The second-order valence-electron chi connectivity index (χ2n) is 6.93. The number of rotatable bonds is 6. The average Bonchev–Trinajstić information content (AvgIpc) is 3.36. The molecule has 0 amide bonds. The fourth-order valence-electron chi connectivity index (χ4n) is 3.38. The molecule has 0 fully saturated rings. The molecule has 2 aromatic rings. The lowest BCUT2D eigenvalue weighted by Gasteiger charge is -2.22. The van der Waals surface area contributed by atoms with Crippen molar-refractivity contribution >= 4 is 23.6 Å². The Morgan fingerprint density at radius 3 is 2.80 bits per heavy atom. The number of nitrogens with zero attached hydrogens (tertiary/aromatic N) is 3. The molecule has 2 heterocycles. The van der Waals surface area contributed by atoms with E-state index in [1.807, 2.05) is 19.1 Å². The van der Waals surface area contributed by atoms with Crippen molar-refractivity contribution in [2.24, 2.45) is 4.99 Å². The number of esters is 1. The Labute approximate surface area is 174 Å². The Morgan fingerprint density at radius 2 is 2.03 bits per heavy atom. The molecule has 4 rings (SSSR count). The van der Waals surface area contributed by atoms with Gasteiger partial charge in [0.2, 0.25) is 12.7 Å². The molecular weight excluding hydrogens is 382 g/mol. The molecule has 7 heteroatoms. The van der Waals surface area contributed by atoms with Crippen molar-refractivity contribution < 1.29 is 19.0 Å². The van der Waals surface area contributed by atoms with Gasteiger partial charge in [0.1, 0.15) is 0 Å². The summed E-state index contributed by atoms with van der Waals surface area (Å²) in [6, 6.07) is 13.5. The zero-order valence-corrected chi connectivity index (χ0v) is 16.8. The first kappa shape index (κ1) is 19.5. The van der Waals surface area contributed by atoms with E-state index in [4.69, 9.17) is 19.5 Å². The number of cyclic esters (lactones) is 1. The highest BCUT2D eigenvalue weighted by atomic mass is 16.7. The van der Waals surface area contributed by atoms with Gasteiger partial charge in [-0.2, -0.15) is 5.26 Å². The van der Waals surface area contributed by atoms with Crippen LogP contribution in [0, 0.1) is 18.3 Å². The maximum atomic E-state index is 12.3. The van der Waals surface area contributed by atoms with Gasteiger partial charge in [-0.25, -0.2) is 9.79 Å². The first-order valence-electron chi connectivity index (χ1n) is 9.74. The molecule has 0 unspecified atom stereocenters. The molecule has 2 aliphatic heterocycles. The molecule has 152 valence electrons. The topological polar surface area (TPSA) is 84.2 Å². The van der Waals surface area contributed by atoms with E-state index in [1.54, 1.807) is 24.3 Å². The van der Waals surface area contributed by atoms with Gasteiger partial charge in [-0.1, -0.05) is 6.07 Å². The summed E-state index contributed by atoms with van der Waals surface area (Å²) in [5, 5.41) is 8.84. The lowest BCUT2D eigenvalue weighted by atomic mass is 10.1. The quantitative estimate of drug-likeness (QED) is 0.539. The Morgan fingerprint density at radius 1 is 1.20 bits per heavy atom. The predicted octanol–water partition coefficient (Wildman–Crippen LogP) is 3.81. The van der Waals surface area contributed by atoms with Gasteiger partial charge in [0.05, 0.1) is 12.5 Å². The Balaban J connectivity index is 1.58. The van der Waals surface area contributed by atoms with Crippen molar-refractivity contribution in [1.29, 1.82) is 5.26 Å². The van der Waals surface area contributed by atoms with E-state index in [0.717, 1.165) is 23.4 Å². The molecule has 0 aromatic heterocycles. The van der Waals surface area contributed by atoms with Gasteiger partial charge < -0.3 is 19.1 Å². The lowest BCUT2D eigenvalue weighted by molar-refractivity contribution is -0.129. The summed E-state index contributed by atoms with van der Waals surface area (Å²) in [6.07, 6.45) is 2.20. The van der Waals surface area contributed by atoms with Gasteiger partial charge in [0.25, 0.3) is 0 Å². The number of benzene rings is 2. The molecule has 2 aliphatic rings. The monoisotopic (exact) mass is 403 g/mol. The van der Waals surface area contributed by atoms with Crippen molar-refractivity contribution in [2.45, 2.75) is 20.3 Å². The van der Waals surface area contributed by atoms with E-state index in [0.29, 0.717) is 30.0 Å². The zero-order chi connectivity index (χ0) is 21.1. The molecule has 0 radical (unpaired) electrons. The van der Waals surface area contributed by atoms with E-state index in [2.05, 4.69) is 29.0 Å². The molecule has 0 saturated carbocycles. The average molecular weight is 403 g/mol. The summed E-state index contributed by atoms with van der Waals surface area (Å²) in [4.78, 5) is 18.9. The van der Waals surface area contributed by atoms with Gasteiger partial charge in [0.15, 0.2) is 17.2 Å². The van der Waals surface area contributed by atoms with Crippen molar-refractivity contribution in [3.8, 4) is 17.6 Å². The summed E-state index contributed by atoms with van der Waals surface area (Å²) in [5.74, 6) is 1.01. The molecule has 0 N–H and O–H groups in total. The molecule has 0 aliphatic carbocycles. The van der Waals surface area contributed by atoms with E-state index in [9.17, 15) is 4.79 Å². The largest absolute Gasteiger partial charge is 0.454 e. The number of carbonyl (C=O) groups is 1. The van der Waals surface area contributed by atoms with Crippen LogP contribution in [0.2, 0.25) is 0 Å². The van der Waals surface area contributed by atoms with E-state index in [1.165, 1.54) is 0 Å². The number of nitriles is 1. The maximum Gasteiger partial charge on any atom is 0.363 e. The van der Waals surface area contributed by atoms with Crippen molar-refractivity contribution in [3.05, 3.63) is 58.8 Å². The second kappa shape index (κ2) is 8.29. The fourth-order valence-corrected chi connectivity index (χ4v) is 3.38. The van der Waals surface area contributed by atoms with Crippen molar-refractivity contribution in [2.75, 3.05) is 24.8 Å². The van der Waals surface area contributed by atoms with Crippen LogP contribution < -0.4 is 14.4 Å². The molecule has 7 nitrogen and oxygen atoms in total. The minimum Gasteiger partial charge on any atom is -0.454 e. The summed E-state index contributed by atoms with van der Waals surface area (Å²) in [7, 11) is 0. The molecule has 2 aromatic carbocycles. The van der Waals surface area contributed by atoms with Gasteiger partial charge in [-0.3, -0.25) is 0 Å². The van der Waals surface area contributed by atoms with Crippen LogP contribution in [0.25, 0.3) is 6.08 Å². The van der Waals surface area contributed by atoms with Crippen LogP contribution in [0.4, 0.5) is 5.69 Å². The van der Waals surface area contributed by atoms with E-state index >= 15 is 0 Å². The number of hydrogen-bond donors (Lipinski definition) is 0. The van der Waals surface area contributed by atoms with Crippen molar-refractivity contribution in [3.63, 3.8) is 0 Å². The fraction of sp³-hybridized carbons (Fsp3) is 0.261. The van der Waals surface area contributed by atoms with Crippen LogP contribution in [-0.2, 0) is 9.53 Å². The molecular formula is C23H21N3O4. The molecule has 0 spiro atoms. The predicted molar refractivity (Wildman–Crippen MR) is 112 cm³/mol. The number of ether oxygens (including phenoxy) is 3. The molecule has 30 heavy (non-hydrogen) atoms. The summed E-state index contributed by atoms with van der Waals surface area (Å²) in [6.45, 7) is 5.72. The molecule has 0 saturated heterocycles. The third-order valence-electron chi connectivity index (χ3n) is 5.03. The Bertz CT molecular complexity index is 1100. The number of hydrogen-bond acceptors (Lipinski definition) is 7.